The van der Waals surface area contributed by atoms with Gasteiger partial charge in [-0.1, -0.05) is 6.42 Å². The summed E-state index contributed by atoms with van der Waals surface area (Å²) < 4.78 is 126. The number of hydrogen-bond acceptors (Lipinski definition) is 27. The first-order valence-corrected chi connectivity index (χ1v) is 32.7. The number of hydrogen-bond donors (Lipinski definition) is 4. The Balaban J connectivity index is 1.09. The molecule has 2 aliphatic rings. The summed E-state index contributed by atoms with van der Waals surface area (Å²) in [5.74, 6) is 0.991. The van der Waals surface area contributed by atoms with Gasteiger partial charge in [0.25, 0.3) is 0 Å². The third-order valence-corrected chi connectivity index (χ3v) is 13.6. The molecular weight excluding hydrogens is 1180 g/mol. The van der Waals surface area contributed by atoms with Crippen LogP contribution in [0.25, 0.3) is 0 Å². The van der Waals surface area contributed by atoms with Crippen LogP contribution in [-0.4, -0.2) is 352 Å². The first kappa shape index (κ1) is 82.2. The standard InChI is InChI=1S/C58H114N4O25S/c59-5-7-65-9-11-67-13-15-69-17-19-71-21-23-73-25-27-75-29-31-77-33-35-79-37-39-81-41-43-83-45-47-85-49-51-87-52-50-86-48-46-84-44-42-82-40-38-80-36-34-78-32-30-76-28-26-74-24-22-72-20-18-70-16-14-68-12-10-66-8-6-60-56(63)4-2-1-3-55-57-54(53-88-55)61-58(64)62-57/h54-55,57H,1-53,59H2,(H,60,63)(H2,61,62,64). The Morgan fingerprint density at radius 3 is 0.807 bits per heavy atom. The van der Waals surface area contributed by atoms with E-state index in [-0.39, 0.29) is 24.0 Å². The smallest absolute Gasteiger partial charge is 0.315 e. The van der Waals surface area contributed by atoms with Crippen molar-refractivity contribution in [3.63, 3.8) is 0 Å². The molecular formula is C58H114N4O25S. The van der Waals surface area contributed by atoms with Gasteiger partial charge in [0.2, 0.25) is 5.91 Å². The average Bonchev–Trinajstić information content (AvgIpc) is 2.39. The van der Waals surface area contributed by atoms with Gasteiger partial charge in [-0.3, -0.25) is 4.79 Å². The first-order chi connectivity index (χ1) is 43.7. The molecule has 3 unspecified atom stereocenters. The van der Waals surface area contributed by atoms with Crippen molar-refractivity contribution in [1.82, 2.24) is 16.0 Å². The van der Waals surface area contributed by atoms with Crippen LogP contribution in [0.1, 0.15) is 25.7 Å². The van der Waals surface area contributed by atoms with Crippen molar-refractivity contribution < 1.29 is 119 Å². The Morgan fingerprint density at radius 2 is 0.568 bits per heavy atom. The number of carbonyl (C=O) groups excluding carboxylic acids is 2. The highest BCUT2D eigenvalue weighted by Crippen LogP contribution is 2.33. The average molecular weight is 1300 g/mol. The lowest BCUT2D eigenvalue weighted by Crippen LogP contribution is -2.36. The van der Waals surface area contributed by atoms with Crippen molar-refractivity contribution in [1.29, 1.82) is 0 Å². The minimum Gasteiger partial charge on any atom is -0.378 e. The van der Waals surface area contributed by atoms with Crippen molar-refractivity contribution in [2.45, 2.75) is 43.0 Å². The van der Waals surface area contributed by atoms with Crippen LogP contribution in [0.15, 0.2) is 0 Å². The maximum atomic E-state index is 12.1. The third kappa shape index (κ3) is 59.2. The largest absolute Gasteiger partial charge is 0.378 e. The van der Waals surface area contributed by atoms with Gasteiger partial charge in [0.1, 0.15) is 0 Å². The molecule has 0 spiro atoms. The van der Waals surface area contributed by atoms with Crippen molar-refractivity contribution in [3.05, 3.63) is 0 Å². The number of unbranched alkanes of at least 4 members (excludes halogenated alkanes) is 1. The predicted molar refractivity (Wildman–Crippen MR) is 325 cm³/mol. The highest BCUT2D eigenvalue weighted by molar-refractivity contribution is 8.00. The second-order valence-corrected chi connectivity index (χ2v) is 20.4. The number of amides is 3. The second kappa shape index (κ2) is 69.5. The number of fused-ring (bicyclic) bond motifs is 1. The number of urea groups is 1. The Labute approximate surface area is 528 Å². The van der Waals surface area contributed by atoms with E-state index >= 15 is 0 Å². The molecule has 29 nitrogen and oxygen atoms in total. The van der Waals surface area contributed by atoms with Gasteiger partial charge < -0.3 is 131 Å². The second-order valence-electron chi connectivity index (χ2n) is 19.1. The molecule has 0 radical (unpaired) electrons. The van der Waals surface area contributed by atoms with Gasteiger partial charge in [-0.15, -0.1) is 0 Å². The minimum absolute atomic E-state index is 0.0376. The molecule has 2 fully saturated rings. The van der Waals surface area contributed by atoms with Gasteiger partial charge in [0.05, 0.1) is 316 Å². The highest BCUT2D eigenvalue weighted by atomic mass is 32.2. The van der Waals surface area contributed by atoms with Crippen LogP contribution in [0.4, 0.5) is 4.79 Å². The fourth-order valence-corrected chi connectivity index (χ4v) is 9.19. The van der Waals surface area contributed by atoms with E-state index in [0.717, 1.165) is 25.0 Å². The van der Waals surface area contributed by atoms with E-state index in [1.165, 1.54) is 0 Å². The molecule has 0 bridgehead atoms. The maximum absolute atomic E-state index is 12.1. The van der Waals surface area contributed by atoms with E-state index < -0.39 is 0 Å². The summed E-state index contributed by atoms with van der Waals surface area (Å²) in [6.45, 7) is 23.4. The van der Waals surface area contributed by atoms with E-state index in [2.05, 4.69) is 16.0 Å². The maximum Gasteiger partial charge on any atom is 0.315 e. The lowest BCUT2D eigenvalue weighted by Gasteiger charge is -2.16. The van der Waals surface area contributed by atoms with Crippen molar-refractivity contribution in [2.75, 3.05) is 323 Å². The van der Waals surface area contributed by atoms with Gasteiger partial charge in [-0.25, -0.2) is 4.79 Å². The molecule has 2 heterocycles. The van der Waals surface area contributed by atoms with E-state index in [9.17, 15) is 9.59 Å². The lowest BCUT2D eigenvalue weighted by atomic mass is 10.0. The number of nitrogens with two attached hydrogens (primary N) is 1. The van der Waals surface area contributed by atoms with Crippen LogP contribution < -0.4 is 21.7 Å². The SMILES string of the molecule is NCCOCCOCCOCCOCCOCCOCCOCCOCCOCCOCCOCCOCCOCCOCCOCCOCCOCCOCCOCCOCCOCCOCCOCCNC(=O)CCCCC1SCC2NC(=O)NC21. The predicted octanol–water partition coefficient (Wildman–Crippen LogP) is 0.169. The number of rotatable bonds is 76. The van der Waals surface area contributed by atoms with Gasteiger partial charge in [-0.05, 0) is 12.8 Å². The van der Waals surface area contributed by atoms with E-state index in [1.807, 2.05) is 11.8 Å². The minimum atomic E-state index is -0.0649. The van der Waals surface area contributed by atoms with Crippen molar-refractivity contribution in [2.24, 2.45) is 5.73 Å². The van der Waals surface area contributed by atoms with E-state index in [4.69, 9.17) is 115 Å². The fraction of sp³-hybridized carbons (Fsp3) is 0.966. The van der Waals surface area contributed by atoms with Crippen molar-refractivity contribution in [3.8, 4) is 0 Å². The van der Waals surface area contributed by atoms with Crippen molar-refractivity contribution >= 4 is 23.7 Å². The van der Waals surface area contributed by atoms with Crippen LogP contribution in [0, 0.1) is 0 Å². The summed E-state index contributed by atoms with van der Waals surface area (Å²) in [6.07, 6.45) is 3.31. The molecule has 0 aliphatic carbocycles. The Hall–Kier alpha value is -1.87. The molecule has 5 N–H and O–H groups in total. The zero-order valence-electron chi connectivity index (χ0n) is 52.9. The molecule has 3 atom stereocenters. The van der Waals surface area contributed by atoms with Crippen LogP contribution in [-0.2, 0) is 114 Å². The number of ether oxygens (including phenoxy) is 23. The van der Waals surface area contributed by atoms with Gasteiger partial charge >= 0.3 is 6.03 Å². The zero-order chi connectivity index (χ0) is 62.5. The number of thioether (sulfide) groups is 1. The molecule has 2 saturated heterocycles. The number of nitrogens with one attached hydrogen (secondary N) is 3. The van der Waals surface area contributed by atoms with Crippen LogP contribution in [0.2, 0.25) is 0 Å². The number of carbonyl (C=O) groups is 2. The summed E-state index contributed by atoms with van der Waals surface area (Å²) in [5, 5.41) is 9.29. The molecule has 0 saturated carbocycles. The van der Waals surface area contributed by atoms with Crippen LogP contribution in [0.5, 0.6) is 0 Å². The monoisotopic (exact) mass is 1300 g/mol. The molecule has 0 aromatic carbocycles. The van der Waals surface area contributed by atoms with Gasteiger partial charge in [0, 0.05) is 30.5 Å². The van der Waals surface area contributed by atoms with Crippen LogP contribution in [0.3, 0.4) is 0 Å². The quantitative estimate of drug-likeness (QED) is 0.0466. The topological polar surface area (TPSA) is 309 Å². The zero-order valence-corrected chi connectivity index (χ0v) is 53.7. The molecule has 3 amide bonds. The molecule has 2 aliphatic heterocycles. The molecule has 2 rings (SSSR count). The normalized spacial score (nSPS) is 15.6. The summed E-state index contributed by atoms with van der Waals surface area (Å²) in [4.78, 5) is 23.6. The molecule has 0 aromatic rings. The summed E-state index contributed by atoms with van der Waals surface area (Å²) in [6, 6.07) is 0.387. The Morgan fingerprint density at radius 1 is 0.341 bits per heavy atom. The third-order valence-electron chi connectivity index (χ3n) is 12.1. The molecule has 30 heteroatoms. The van der Waals surface area contributed by atoms with Crippen LogP contribution >= 0.6 is 11.8 Å². The Kier molecular flexibility index (Phi) is 64.9. The lowest BCUT2D eigenvalue weighted by molar-refractivity contribution is -0.121. The first-order valence-electron chi connectivity index (χ1n) is 31.6. The highest BCUT2D eigenvalue weighted by Gasteiger charge is 2.42. The summed E-state index contributed by atoms with van der Waals surface area (Å²) >= 11 is 1.90. The molecule has 522 valence electrons. The Bertz CT molecular complexity index is 1440. The van der Waals surface area contributed by atoms with E-state index in [0.29, 0.717) is 329 Å². The van der Waals surface area contributed by atoms with Gasteiger partial charge in [0.15, 0.2) is 0 Å². The van der Waals surface area contributed by atoms with Gasteiger partial charge in [-0.2, -0.15) is 11.8 Å². The summed E-state index contributed by atoms with van der Waals surface area (Å²) in [7, 11) is 0. The molecule has 88 heavy (non-hydrogen) atoms. The fourth-order valence-electron chi connectivity index (χ4n) is 7.65. The summed E-state index contributed by atoms with van der Waals surface area (Å²) in [5.41, 5.74) is 5.35. The molecule has 0 aromatic heterocycles. The van der Waals surface area contributed by atoms with E-state index in [1.54, 1.807) is 0 Å².